The minimum absolute atomic E-state index is 0.229. The molecule has 6 nitrogen and oxygen atoms in total. The lowest BCUT2D eigenvalue weighted by Gasteiger charge is -2.27. The predicted octanol–water partition coefficient (Wildman–Crippen LogP) is 0.863. The second kappa shape index (κ2) is 5.42. The largest absolute Gasteiger partial charge is 0.480 e. The molecule has 6 heteroatoms. The van der Waals surface area contributed by atoms with Crippen molar-refractivity contribution in [2.24, 2.45) is 5.73 Å². The number of nitrogens with zero attached hydrogens (tertiary/aromatic N) is 1. The van der Waals surface area contributed by atoms with Gasteiger partial charge in [-0.1, -0.05) is 25.5 Å². The zero-order chi connectivity index (χ0) is 14.9. The third kappa shape index (κ3) is 2.18. The number of rotatable bonds is 5. The van der Waals surface area contributed by atoms with E-state index in [2.05, 4.69) is 0 Å². The van der Waals surface area contributed by atoms with Gasteiger partial charge in [0.05, 0.1) is 11.1 Å². The van der Waals surface area contributed by atoms with Gasteiger partial charge in [-0.15, -0.1) is 0 Å². The molecule has 0 aromatic heterocycles. The second-order valence-corrected chi connectivity index (χ2v) is 4.76. The molecule has 0 bridgehead atoms. The number of aliphatic carboxylic acids is 1. The van der Waals surface area contributed by atoms with Crippen LogP contribution in [-0.4, -0.2) is 39.9 Å². The van der Waals surface area contributed by atoms with E-state index in [9.17, 15) is 19.5 Å². The van der Waals surface area contributed by atoms with Crippen molar-refractivity contribution < 1.29 is 19.5 Å². The summed E-state index contributed by atoms with van der Waals surface area (Å²) >= 11 is 0. The van der Waals surface area contributed by atoms with E-state index in [-0.39, 0.29) is 11.1 Å². The summed E-state index contributed by atoms with van der Waals surface area (Å²) in [5.41, 5.74) is 6.30. The van der Waals surface area contributed by atoms with Gasteiger partial charge in [0.1, 0.15) is 0 Å². The molecule has 1 aliphatic heterocycles. The molecule has 2 amide bonds. The van der Waals surface area contributed by atoms with Crippen LogP contribution < -0.4 is 5.73 Å². The van der Waals surface area contributed by atoms with Gasteiger partial charge in [0.2, 0.25) is 0 Å². The van der Waals surface area contributed by atoms with Crippen LogP contribution in [0.4, 0.5) is 0 Å². The number of carboxylic acid groups (broad SMARTS) is 1. The maximum absolute atomic E-state index is 12.2. The summed E-state index contributed by atoms with van der Waals surface area (Å²) in [5, 5.41) is 9.32. The van der Waals surface area contributed by atoms with Crippen molar-refractivity contribution >= 4 is 17.8 Å². The average molecular weight is 276 g/mol. The average Bonchev–Trinajstić information content (AvgIpc) is 2.65. The molecule has 2 atom stereocenters. The smallest absolute Gasteiger partial charge is 0.328 e. The third-order valence-electron chi connectivity index (χ3n) is 3.38. The van der Waals surface area contributed by atoms with E-state index in [1.807, 2.05) is 6.92 Å². The predicted molar refractivity (Wildman–Crippen MR) is 71.2 cm³/mol. The highest BCUT2D eigenvalue weighted by molar-refractivity contribution is 6.22. The topological polar surface area (TPSA) is 101 Å². The molecule has 1 aromatic carbocycles. The SMILES string of the molecule is CCCC(N)C(C(=O)O)N1C(=O)c2ccccc2C1=O. The lowest BCUT2D eigenvalue weighted by atomic mass is 10.0. The first kappa shape index (κ1) is 14.2. The highest BCUT2D eigenvalue weighted by atomic mass is 16.4. The fourth-order valence-corrected chi connectivity index (χ4v) is 2.44. The number of amides is 2. The molecule has 0 radical (unpaired) electrons. The van der Waals surface area contributed by atoms with Crippen molar-refractivity contribution in [1.82, 2.24) is 4.90 Å². The highest BCUT2D eigenvalue weighted by Gasteiger charge is 2.44. The maximum Gasteiger partial charge on any atom is 0.328 e. The van der Waals surface area contributed by atoms with E-state index >= 15 is 0 Å². The number of imide groups is 1. The molecule has 0 saturated carbocycles. The number of carbonyl (C=O) groups excluding carboxylic acids is 2. The van der Waals surface area contributed by atoms with E-state index in [1.165, 1.54) is 12.1 Å². The number of hydrogen-bond acceptors (Lipinski definition) is 4. The molecular formula is C14H16N2O4. The van der Waals surface area contributed by atoms with Crippen LogP contribution in [-0.2, 0) is 4.79 Å². The molecular weight excluding hydrogens is 260 g/mol. The van der Waals surface area contributed by atoms with E-state index in [0.717, 1.165) is 4.90 Å². The minimum Gasteiger partial charge on any atom is -0.480 e. The Balaban J connectivity index is 2.40. The summed E-state index contributed by atoms with van der Waals surface area (Å²) in [7, 11) is 0. The monoisotopic (exact) mass is 276 g/mol. The summed E-state index contributed by atoms with van der Waals surface area (Å²) in [5.74, 6) is -2.45. The zero-order valence-electron chi connectivity index (χ0n) is 11.1. The number of benzene rings is 1. The lowest BCUT2D eigenvalue weighted by Crippen LogP contribution is -2.54. The fourth-order valence-electron chi connectivity index (χ4n) is 2.44. The molecule has 2 unspecified atom stereocenters. The fraction of sp³-hybridized carbons (Fsp3) is 0.357. The van der Waals surface area contributed by atoms with Crippen LogP contribution in [0.15, 0.2) is 24.3 Å². The summed E-state index contributed by atoms with van der Waals surface area (Å²) in [6, 6.07) is 4.19. The van der Waals surface area contributed by atoms with Crippen LogP contribution >= 0.6 is 0 Å². The molecule has 2 rings (SSSR count). The number of nitrogens with two attached hydrogens (primary N) is 1. The van der Waals surface area contributed by atoms with Crippen molar-refractivity contribution in [3.05, 3.63) is 35.4 Å². The Hall–Kier alpha value is -2.21. The van der Waals surface area contributed by atoms with Gasteiger partial charge in [-0.25, -0.2) is 4.79 Å². The molecule has 1 aliphatic rings. The van der Waals surface area contributed by atoms with Crippen LogP contribution in [0.5, 0.6) is 0 Å². The minimum atomic E-state index is -1.33. The molecule has 1 aromatic rings. The van der Waals surface area contributed by atoms with Crippen molar-refractivity contribution in [1.29, 1.82) is 0 Å². The van der Waals surface area contributed by atoms with E-state index in [0.29, 0.717) is 12.8 Å². The van der Waals surface area contributed by atoms with Crippen LogP contribution in [0.3, 0.4) is 0 Å². The van der Waals surface area contributed by atoms with Crippen molar-refractivity contribution in [2.75, 3.05) is 0 Å². The van der Waals surface area contributed by atoms with Gasteiger partial charge in [-0.2, -0.15) is 0 Å². The molecule has 3 N–H and O–H groups in total. The van der Waals surface area contributed by atoms with Crippen LogP contribution in [0.1, 0.15) is 40.5 Å². The first-order valence-corrected chi connectivity index (χ1v) is 6.44. The summed E-state index contributed by atoms with van der Waals surface area (Å²) in [4.78, 5) is 36.7. The zero-order valence-corrected chi connectivity index (χ0v) is 11.1. The van der Waals surface area contributed by atoms with Crippen molar-refractivity contribution in [3.63, 3.8) is 0 Å². The van der Waals surface area contributed by atoms with Crippen LogP contribution in [0, 0.1) is 0 Å². The Morgan fingerprint density at radius 2 is 1.75 bits per heavy atom. The van der Waals surface area contributed by atoms with E-state index < -0.39 is 29.9 Å². The van der Waals surface area contributed by atoms with Gasteiger partial charge in [0, 0.05) is 6.04 Å². The Morgan fingerprint density at radius 3 is 2.15 bits per heavy atom. The molecule has 0 aliphatic carbocycles. The van der Waals surface area contributed by atoms with Gasteiger partial charge in [-0.3, -0.25) is 14.5 Å². The Bertz CT molecular complexity index is 535. The van der Waals surface area contributed by atoms with Gasteiger partial charge in [-0.05, 0) is 18.6 Å². The van der Waals surface area contributed by atoms with Gasteiger partial charge >= 0.3 is 5.97 Å². The van der Waals surface area contributed by atoms with Gasteiger partial charge < -0.3 is 10.8 Å². The second-order valence-electron chi connectivity index (χ2n) is 4.76. The molecule has 106 valence electrons. The van der Waals surface area contributed by atoms with E-state index in [1.54, 1.807) is 12.1 Å². The quantitative estimate of drug-likeness (QED) is 0.777. The molecule has 1 heterocycles. The first-order chi connectivity index (χ1) is 9.49. The molecule has 20 heavy (non-hydrogen) atoms. The summed E-state index contributed by atoms with van der Waals surface area (Å²) in [6.45, 7) is 1.86. The first-order valence-electron chi connectivity index (χ1n) is 6.44. The third-order valence-corrected chi connectivity index (χ3v) is 3.38. The highest BCUT2D eigenvalue weighted by Crippen LogP contribution is 2.26. The van der Waals surface area contributed by atoms with E-state index in [4.69, 9.17) is 5.73 Å². The maximum atomic E-state index is 12.2. The van der Waals surface area contributed by atoms with Gasteiger partial charge in [0.15, 0.2) is 6.04 Å². The van der Waals surface area contributed by atoms with Crippen LogP contribution in [0.25, 0.3) is 0 Å². The number of fused-ring (bicyclic) bond motifs is 1. The molecule has 0 fully saturated rings. The summed E-state index contributed by atoms with van der Waals surface area (Å²) < 4.78 is 0. The standard InChI is InChI=1S/C14H16N2O4/c1-2-5-10(15)11(14(19)20)16-12(17)8-6-3-4-7-9(8)13(16)18/h3-4,6-7,10-11H,2,5,15H2,1H3,(H,19,20). The lowest BCUT2D eigenvalue weighted by molar-refractivity contribution is -0.142. The Morgan fingerprint density at radius 1 is 1.25 bits per heavy atom. The molecule has 0 spiro atoms. The number of hydrogen-bond donors (Lipinski definition) is 2. The summed E-state index contributed by atoms with van der Waals surface area (Å²) in [6.07, 6.45) is 1.10. The number of carboxylic acids is 1. The van der Waals surface area contributed by atoms with Crippen LogP contribution in [0.2, 0.25) is 0 Å². The number of carbonyl (C=O) groups is 3. The normalized spacial score (nSPS) is 17.0. The molecule has 0 saturated heterocycles. The van der Waals surface area contributed by atoms with Crippen molar-refractivity contribution in [2.45, 2.75) is 31.8 Å². The van der Waals surface area contributed by atoms with Gasteiger partial charge in [0.25, 0.3) is 11.8 Å². The Labute approximate surface area is 116 Å². The van der Waals surface area contributed by atoms with Crippen molar-refractivity contribution in [3.8, 4) is 0 Å². The Kier molecular flexibility index (Phi) is 3.85.